The third-order valence-corrected chi connectivity index (χ3v) is 2.36. The Morgan fingerprint density at radius 3 is 1.15 bits per heavy atom. The van der Waals surface area contributed by atoms with Gasteiger partial charge >= 0.3 is 12.4 Å². The predicted molar refractivity (Wildman–Crippen MR) is 32.9 cm³/mol. The van der Waals surface area contributed by atoms with Crippen LogP contribution in [0.1, 0.15) is 19.3 Å². The van der Waals surface area contributed by atoms with Crippen molar-refractivity contribution < 1.29 is 26.3 Å². The molecule has 0 saturated heterocycles. The lowest BCUT2D eigenvalue weighted by Crippen LogP contribution is -2.24. The summed E-state index contributed by atoms with van der Waals surface area (Å²) >= 11 is 0. The first kappa shape index (κ1) is 10.7. The zero-order valence-corrected chi connectivity index (χ0v) is 6.54. The molecule has 0 aromatic heterocycles. The highest BCUT2D eigenvalue weighted by atomic mass is 19.4. The molecule has 2 atom stereocenters. The maximum absolute atomic E-state index is 12.0. The van der Waals surface area contributed by atoms with Gasteiger partial charge in [0.2, 0.25) is 0 Å². The number of hydrogen-bond acceptors (Lipinski definition) is 0. The SMILES string of the molecule is FC(F)(F)C1CCC(C(F)(F)F)C1. The van der Waals surface area contributed by atoms with Crippen LogP contribution in [0.5, 0.6) is 0 Å². The van der Waals surface area contributed by atoms with Crippen molar-refractivity contribution in [3.63, 3.8) is 0 Å². The van der Waals surface area contributed by atoms with Crippen LogP contribution >= 0.6 is 0 Å². The lowest BCUT2D eigenvalue weighted by atomic mass is 10.0. The molecule has 6 heteroatoms. The Balaban J connectivity index is 2.55. The van der Waals surface area contributed by atoms with E-state index in [4.69, 9.17) is 0 Å². The highest BCUT2D eigenvalue weighted by Crippen LogP contribution is 2.47. The summed E-state index contributed by atoms with van der Waals surface area (Å²) in [6, 6.07) is 0. The summed E-state index contributed by atoms with van der Waals surface area (Å²) in [7, 11) is 0. The summed E-state index contributed by atoms with van der Waals surface area (Å²) in [6.45, 7) is 0. The van der Waals surface area contributed by atoms with Crippen molar-refractivity contribution in [2.45, 2.75) is 31.6 Å². The van der Waals surface area contributed by atoms with Gasteiger partial charge in [-0.3, -0.25) is 0 Å². The number of halogens is 6. The summed E-state index contributed by atoms with van der Waals surface area (Å²) in [5.74, 6) is -3.53. The van der Waals surface area contributed by atoms with E-state index in [0.717, 1.165) is 0 Å². The minimum atomic E-state index is -4.47. The minimum Gasteiger partial charge on any atom is -0.171 e. The van der Waals surface area contributed by atoms with Gasteiger partial charge in [-0.05, 0) is 19.3 Å². The zero-order valence-electron chi connectivity index (χ0n) is 6.54. The maximum atomic E-state index is 12.0. The van der Waals surface area contributed by atoms with Crippen molar-refractivity contribution in [2.75, 3.05) is 0 Å². The zero-order chi connectivity index (χ0) is 10.3. The second-order valence-electron chi connectivity index (χ2n) is 3.29. The molecular weight excluding hydrogens is 198 g/mol. The molecule has 0 bridgehead atoms. The van der Waals surface area contributed by atoms with Gasteiger partial charge in [0.1, 0.15) is 0 Å². The molecule has 0 heterocycles. The Labute approximate surface area is 70.9 Å². The molecule has 1 fully saturated rings. The molecule has 0 aromatic rings. The normalized spacial score (nSPS) is 30.9. The molecule has 0 amide bonds. The molecule has 1 saturated carbocycles. The number of rotatable bonds is 0. The fourth-order valence-electron chi connectivity index (χ4n) is 1.58. The minimum absolute atomic E-state index is 0.395. The highest BCUT2D eigenvalue weighted by Gasteiger charge is 2.51. The van der Waals surface area contributed by atoms with Gasteiger partial charge in [0.05, 0.1) is 11.8 Å². The molecule has 78 valence electrons. The number of alkyl halides is 6. The van der Waals surface area contributed by atoms with Crippen LogP contribution in [0.2, 0.25) is 0 Å². The van der Waals surface area contributed by atoms with E-state index >= 15 is 0 Å². The first-order valence-corrected chi connectivity index (χ1v) is 3.84. The van der Waals surface area contributed by atoms with Gasteiger partial charge in [0.25, 0.3) is 0 Å². The van der Waals surface area contributed by atoms with E-state index in [1.165, 1.54) is 0 Å². The largest absolute Gasteiger partial charge is 0.391 e. The molecule has 0 spiro atoms. The second-order valence-corrected chi connectivity index (χ2v) is 3.29. The van der Waals surface area contributed by atoms with Crippen LogP contribution in [-0.2, 0) is 0 Å². The summed E-state index contributed by atoms with van der Waals surface area (Å²) in [5.41, 5.74) is 0. The fraction of sp³-hybridized carbons (Fsp3) is 1.00. The molecule has 1 aliphatic rings. The summed E-state index contributed by atoms with van der Waals surface area (Å²) in [6.07, 6.45) is -10.5. The van der Waals surface area contributed by atoms with Crippen LogP contribution in [0.15, 0.2) is 0 Å². The van der Waals surface area contributed by atoms with Crippen LogP contribution in [0.25, 0.3) is 0 Å². The summed E-state index contributed by atoms with van der Waals surface area (Å²) in [5, 5.41) is 0. The third kappa shape index (κ3) is 2.51. The van der Waals surface area contributed by atoms with Crippen molar-refractivity contribution >= 4 is 0 Å². The van der Waals surface area contributed by atoms with E-state index in [9.17, 15) is 26.3 Å². The van der Waals surface area contributed by atoms with E-state index in [1.807, 2.05) is 0 Å². The van der Waals surface area contributed by atoms with Crippen molar-refractivity contribution in [2.24, 2.45) is 11.8 Å². The van der Waals surface area contributed by atoms with E-state index < -0.39 is 43.5 Å². The lowest BCUT2D eigenvalue weighted by molar-refractivity contribution is -0.191. The maximum Gasteiger partial charge on any atom is 0.391 e. The van der Waals surface area contributed by atoms with Crippen molar-refractivity contribution in [3.05, 3.63) is 0 Å². The van der Waals surface area contributed by atoms with Gasteiger partial charge in [-0.1, -0.05) is 0 Å². The molecule has 0 aliphatic heterocycles. The van der Waals surface area contributed by atoms with Crippen molar-refractivity contribution in [1.29, 1.82) is 0 Å². The monoisotopic (exact) mass is 206 g/mol. The predicted octanol–water partition coefficient (Wildman–Crippen LogP) is 3.53. The Morgan fingerprint density at radius 1 is 0.692 bits per heavy atom. The van der Waals surface area contributed by atoms with Crippen LogP contribution in [0.3, 0.4) is 0 Å². The van der Waals surface area contributed by atoms with Crippen LogP contribution in [0, 0.1) is 11.8 Å². The quantitative estimate of drug-likeness (QED) is 0.532. The Hall–Kier alpha value is -0.420. The van der Waals surface area contributed by atoms with Gasteiger partial charge in [0, 0.05) is 0 Å². The third-order valence-electron chi connectivity index (χ3n) is 2.36. The first-order valence-electron chi connectivity index (χ1n) is 3.84. The smallest absolute Gasteiger partial charge is 0.171 e. The highest BCUT2D eigenvalue weighted by molar-refractivity contribution is 4.83. The molecule has 0 aromatic carbocycles. The summed E-state index contributed by atoms with van der Waals surface area (Å²) in [4.78, 5) is 0. The van der Waals surface area contributed by atoms with Gasteiger partial charge in [-0.25, -0.2) is 0 Å². The fourth-order valence-corrected chi connectivity index (χ4v) is 1.58. The van der Waals surface area contributed by atoms with Crippen molar-refractivity contribution in [1.82, 2.24) is 0 Å². The van der Waals surface area contributed by atoms with E-state index in [0.29, 0.717) is 0 Å². The average Bonchev–Trinajstić information content (AvgIpc) is 2.28. The van der Waals surface area contributed by atoms with Crippen molar-refractivity contribution in [3.8, 4) is 0 Å². The molecule has 0 N–H and O–H groups in total. The van der Waals surface area contributed by atoms with Crippen LogP contribution in [-0.4, -0.2) is 12.4 Å². The van der Waals surface area contributed by atoms with Crippen LogP contribution in [0.4, 0.5) is 26.3 Å². The summed E-state index contributed by atoms with van der Waals surface area (Å²) < 4.78 is 71.7. The molecule has 2 unspecified atom stereocenters. The molecule has 1 aliphatic carbocycles. The van der Waals surface area contributed by atoms with Crippen LogP contribution < -0.4 is 0 Å². The van der Waals surface area contributed by atoms with Gasteiger partial charge in [-0.15, -0.1) is 0 Å². The Bertz CT molecular complexity index is 158. The second kappa shape index (κ2) is 3.06. The Morgan fingerprint density at radius 2 is 1.00 bits per heavy atom. The molecule has 0 nitrogen and oxygen atoms in total. The van der Waals surface area contributed by atoms with E-state index in [-0.39, 0.29) is 0 Å². The molecule has 0 radical (unpaired) electrons. The first-order chi connectivity index (χ1) is 5.71. The van der Waals surface area contributed by atoms with E-state index in [2.05, 4.69) is 0 Å². The molecular formula is C7H8F6. The standard InChI is InChI=1S/C7H8F6/c8-6(9,10)4-1-2-5(3-4)7(11,12)13/h4-5H,1-3H2. The topological polar surface area (TPSA) is 0 Å². The number of hydrogen-bond donors (Lipinski definition) is 0. The van der Waals surface area contributed by atoms with E-state index in [1.54, 1.807) is 0 Å². The van der Waals surface area contributed by atoms with Gasteiger partial charge in [-0.2, -0.15) is 26.3 Å². The Kier molecular flexibility index (Phi) is 2.51. The average molecular weight is 206 g/mol. The van der Waals surface area contributed by atoms with Gasteiger partial charge < -0.3 is 0 Å². The van der Waals surface area contributed by atoms with Gasteiger partial charge in [0.15, 0.2) is 0 Å². The molecule has 13 heavy (non-hydrogen) atoms. The molecule has 1 rings (SSSR count). The lowest BCUT2D eigenvalue weighted by Gasteiger charge is -2.16.